The zero-order chi connectivity index (χ0) is 12.5. The lowest BCUT2D eigenvalue weighted by molar-refractivity contribution is 0.174. The molecule has 2 rings (SSSR count). The monoisotopic (exact) mass is 277 g/mol. The lowest BCUT2D eigenvalue weighted by atomic mass is 10.1. The summed E-state index contributed by atoms with van der Waals surface area (Å²) in [4.78, 5) is 0. The van der Waals surface area contributed by atoms with Gasteiger partial charge in [-0.1, -0.05) is 6.07 Å². The van der Waals surface area contributed by atoms with Crippen molar-refractivity contribution in [1.82, 2.24) is 4.72 Å². The topological polar surface area (TPSA) is 64.6 Å². The lowest BCUT2D eigenvalue weighted by Crippen LogP contribution is -2.27. The molecular formula is C10H12ClNO4S. The lowest BCUT2D eigenvalue weighted by Gasteiger charge is -2.13. The van der Waals surface area contributed by atoms with Gasteiger partial charge in [0.1, 0.15) is 5.21 Å². The van der Waals surface area contributed by atoms with Crippen LogP contribution in [-0.4, -0.2) is 20.4 Å². The fraction of sp³-hybridized carbons (Fsp3) is 0.400. The summed E-state index contributed by atoms with van der Waals surface area (Å²) < 4.78 is 35.5. The van der Waals surface area contributed by atoms with E-state index in [1.165, 1.54) is 0 Å². The summed E-state index contributed by atoms with van der Waals surface area (Å²) in [5.74, 6) is 1.29. The SMILES string of the molecule is CC(NS(=O)(=O)CCl)c1ccc2c(c1)OCO2. The molecule has 1 aliphatic rings. The first-order valence-electron chi connectivity index (χ1n) is 4.97. The predicted molar refractivity (Wildman–Crippen MR) is 63.8 cm³/mol. The van der Waals surface area contributed by atoms with Crippen LogP contribution in [0.5, 0.6) is 11.5 Å². The first-order valence-corrected chi connectivity index (χ1v) is 7.16. The van der Waals surface area contributed by atoms with Crippen LogP contribution in [0.4, 0.5) is 0 Å². The first kappa shape index (κ1) is 12.5. The summed E-state index contributed by atoms with van der Waals surface area (Å²) in [5.41, 5.74) is 0.794. The molecule has 17 heavy (non-hydrogen) atoms. The second-order valence-electron chi connectivity index (χ2n) is 3.68. The van der Waals surface area contributed by atoms with E-state index in [9.17, 15) is 8.42 Å². The number of halogens is 1. The van der Waals surface area contributed by atoms with Crippen molar-refractivity contribution in [3.8, 4) is 11.5 Å². The van der Waals surface area contributed by atoms with Crippen LogP contribution in [0.2, 0.25) is 0 Å². The number of benzene rings is 1. The molecule has 1 atom stereocenters. The molecule has 0 amide bonds. The van der Waals surface area contributed by atoms with Crippen LogP contribution < -0.4 is 14.2 Å². The van der Waals surface area contributed by atoms with Crippen molar-refractivity contribution in [2.75, 3.05) is 12.0 Å². The van der Waals surface area contributed by atoms with Crippen molar-refractivity contribution in [2.45, 2.75) is 13.0 Å². The second kappa shape index (κ2) is 4.72. The maximum atomic E-state index is 11.3. The van der Waals surface area contributed by atoms with E-state index in [1.807, 2.05) is 0 Å². The third kappa shape index (κ3) is 2.83. The highest BCUT2D eigenvalue weighted by Crippen LogP contribution is 2.34. The van der Waals surface area contributed by atoms with Gasteiger partial charge in [0.2, 0.25) is 16.8 Å². The molecule has 0 saturated carbocycles. The summed E-state index contributed by atoms with van der Waals surface area (Å²) in [6.45, 7) is 1.93. The maximum absolute atomic E-state index is 11.3. The zero-order valence-electron chi connectivity index (χ0n) is 9.14. The van der Waals surface area contributed by atoms with Crippen LogP contribution in [0.3, 0.4) is 0 Å². The molecule has 0 saturated heterocycles. The van der Waals surface area contributed by atoms with Gasteiger partial charge in [-0.25, -0.2) is 13.1 Å². The molecule has 0 spiro atoms. The Labute approximate surface area is 105 Å². The van der Waals surface area contributed by atoms with Gasteiger partial charge in [0.25, 0.3) is 0 Å². The van der Waals surface area contributed by atoms with Crippen molar-refractivity contribution in [2.24, 2.45) is 0 Å². The van der Waals surface area contributed by atoms with E-state index in [2.05, 4.69) is 4.72 Å². The van der Waals surface area contributed by atoms with Gasteiger partial charge in [-0.3, -0.25) is 0 Å². The van der Waals surface area contributed by atoms with Crippen molar-refractivity contribution in [1.29, 1.82) is 0 Å². The Morgan fingerprint density at radius 2 is 2.12 bits per heavy atom. The quantitative estimate of drug-likeness (QED) is 0.849. The molecule has 0 bridgehead atoms. The Bertz CT molecular complexity index is 517. The average Bonchev–Trinajstić information content (AvgIpc) is 2.75. The number of rotatable bonds is 4. The van der Waals surface area contributed by atoms with Gasteiger partial charge < -0.3 is 9.47 Å². The molecule has 7 heteroatoms. The number of hydrogen-bond acceptors (Lipinski definition) is 4. The van der Waals surface area contributed by atoms with Gasteiger partial charge >= 0.3 is 0 Å². The molecule has 1 aliphatic heterocycles. The number of ether oxygens (including phenoxy) is 2. The van der Waals surface area contributed by atoms with Crippen molar-refractivity contribution in [3.63, 3.8) is 0 Å². The molecule has 1 aromatic rings. The molecule has 0 aliphatic carbocycles. The van der Waals surface area contributed by atoms with Gasteiger partial charge in [0.05, 0.1) is 0 Å². The molecular weight excluding hydrogens is 266 g/mol. The minimum absolute atomic E-state index is 0.195. The summed E-state index contributed by atoms with van der Waals surface area (Å²) in [7, 11) is -3.44. The molecule has 5 nitrogen and oxygen atoms in total. The van der Waals surface area contributed by atoms with Gasteiger partial charge in [0.15, 0.2) is 11.5 Å². The number of hydrogen-bond donors (Lipinski definition) is 1. The summed E-state index contributed by atoms with van der Waals surface area (Å²) in [6, 6.07) is 4.93. The number of nitrogens with one attached hydrogen (secondary N) is 1. The van der Waals surface area contributed by atoms with E-state index in [4.69, 9.17) is 21.1 Å². The van der Waals surface area contributed by atoms with Gasteiger partial charge in [0, 0.05) is 6.04 Å². The van der Waals surface area contributed by atoms with E-state index in [0.29, 0.717) is 11.5 Å². The Morgan fingerprint density at radius 3 is 2.82 bits per heavy atom. The fourth-order valence-electron chi connectivity index (χ4n) is 1.55. The standard InChI is InChI=1S/C10H12ClNO4S/c1-7(12-17(13,14)5-11)8-2-3-9-10(4-8)16-6-15-9/h2-4,7,12H,5-6H2,1H3. The molecule has 1 heterocycles. The van der Waals surface area contributed by atoms with Crippen LogP contribution in [0.15, 0.2) is 18.2 Å². The predicted octanol–water partition coefficient (Wildman–Crippen LogP) is 1.59. The molecule has 1 N–H and O–H groups in total. The van der Waals surface area contributed by atoms with Crippen molar-refractivity contribution < 1.29 is 17.9 Å². The molecule has 0 aromatic heterocycles. The zero-order valence-corrected chi connectivity index (χ0v) is 10.7. The number of fused-ring (bicyclic) bond motifs is 1. The Hall–Kier alpha value is -0.980. The van der Waals surface area contributed by atoms with E-state index in [1.54, 1.807) is 25.1 Å². The van der Waals surface area contributed by atoms with Crippen molar-refractivity contribution >= 4 is 21.6 Å². The smallest absolute Gasteiger partial charge is 0.231 e. The highest BCUT2D eigenvalue weighted by molar-refractivity contribution is 7.90. The van der Waals surface area contributed by atoms with E-state index in [0.717, 1.165) is 5.56 Å². The second-order valence-corrected chi connectivity index (χ2v) is 6.01. The summed E-state index contributed by atoms with van der Waals surface area (Å²) >= 11 is 5.32. The third-order valence-electron chi connectivity index (χ3n) is 2.40. The third-order valence-corrected chi connectivity index (χ3v) is 4.26. The Kier molecular flexibility index (Phi) is 3.46. The summed E-state index contributed by atoms with van der Waals surface area (Å²) in [6.07, 6.45) is 0. The van der Waals surface area contributed by atoms with Gasteiger partial charge in [-0.05, 0) is 24.6 Å². The highest BCUT2D eigenvalue weighted by Gasteiger charge is 2.18. The van der Waals surface area contributed by atoms with Crippen LogP contribution in [0.25, 0.3) is 0 Å². The number of alkyl halides is 1. The van der Waals surface area contributed by atoms with Crippen LogP contribution in [0.1, 0.15) is 18.5 Å². The minimum Gasteiger partial charge on any atom is -0.454 e. The largest absolute Gasteiger partial charge is 0.454 e. The Morgan fingerprint density at radius 1 is 1.41 bits per heavy atom. The fourth-order valence-corrected chi connectivity index (χ4v) is 2.48. The molecule has 1 unspecified atom stereocenters. The van der Waals surface area contributed by atoms with Crippen LogP contribution in [-0.2, 0) is 10.0 Å². The highest BCUT2D eigenvalue weighted by atomic mass is 35.5. The molecule has 1 aromatic carbocycles. The molecule has 94 valence electrons. The van der Waals surface area contributed by atoms with Gasteiger partial charge in [-0.15, -0.1) is 11.6 Å². The summed E-state index contributed by atoms with van der Waals surface area (Å²) in [5, 5.41) is -0.456. The van der Waals surface area contributed by atoms with E-state index < -0.39 is 15.2 Å². The van der Waals surface area contributed by atoms with Crippen molar-refractivity contribution in [3.05, 3.63) is 23.8 Å². The van der Waals surface area contributed by atoms with Crippen LogP contribution in [0, 0.1) is 0 Å². The number of sulfonamides is 1. The molecule has 0 radical (unpaired) electrons. The van der Waals surface area contributed by atoms with Gasteiger partial charge in [-0.2, -0.15) is 0 Å². The minimum atomic E-state index is -3.44. The average molecular weight is 278 g/mol. The maximum Gasteiger partial charge on any atom is 0.231 e. The van der Waals surface area contributed by atoms with E-state index >= 15 is 0 Å². The van der Waals surface area contributed by atoms with Crippen LogP contribution >= 0.6 is 11.6 Å². The molecule has 0 fully saturated rings. The normalized spacial score (nSPS) is 15.9. The first-order chi connectivity index (χ1) is 8.02. The Balaban J connectivity index is 2.18. The van der Waals surface area contributed by atoms with E-state index in [-0.39, 0.29) is 12.8 Å².